The summed E-state index contributed by atoms with van der Waals surface area (Å²) in [4.78, 5) is 10.4. The highest BCUT2D eigenvalue weighted by Crippen LogP contribution is 2.13. The lowest BCUT2D eigenvalue weighted by atomic mass is 10.4. The van der Waals surface area contributed by atoms with Crippen LogP contribution in [0.3, 0.4) is 0 Å². The van der Waals surface area contributed by atoms with Gasteiger partial charge >= 0.3 is 0 Å². The van der Waals surface area contributed by atoms with Gasteiger partial charge in [-0.1, -0.05) is 25.1 Å². The van der Waals surface area contributed by atoms with Crippen molar-refractivity contribution in [1.82, 2.24) is 20.3 Å². The molecule has 7 nitrogen and oxygen atoms in total. The van der Waals surface area contributed by atoms with Crippen LogP contribution in [-0.4, -0.2) is 45.5 Å². The van der Waals surface area contributed by atoms with Crippen molar-refractivity contribution in [2.45, 2.75) is 31.6 Å². The molecule has 0 unspecified atom stereocenters. The van der Waals surface area contributed by atoms with Gasteiger partial charge in [-0.05, 0) is 25.5 Å². The molecule has 1 heterocycles. The van der Waals surface area contributed by atoms with Crippen LogP contribution in [0.2, 0.25) is 0 Å². The topological polar surface area (TPSA) is 95.5 Å². The third-order valence-corrected chi connectivity index (χ3v) is 6.33. The quantitative estimate of drug-likeness (QED) is 0.187. The van der Waals surface area contributed by atoms with Gasteiger partial charge in [-0.15, -0.1) is 35.3 Å². The fourth-order valence-electron chi connectivity index (χ4n) is 2.29. The molecule has 0 aliphatic carbocycles. The number of guanidine groups is 1. The minimum absolute atomic E-state index is 0. The average Bonchev–Trinajstić information content (AvgIpc) is 3.14. The summed E-state index contributed by atoms with van der Waals surface area (Å²) in [5.74, 6) is 0.670. The number of hydrogen-bond acceptors (Lipinski definition) is 5. The second-order valence-corrected chi connectivity index (χ2v) is 8.69. The summed E-state index contributed by atoms with van der Waals surface area (Å²) in [7, 11) is -3.49. The third kappa shape index (κ3) is 8.41. The van der Waals surface area contributed by atoms with Gasteiger partial charge < -0.3 is 10.6 Å². The summed E-state index contributed by atoms with van der Waals surface area (Å²) in [5.41, 5.74) is 0. The predicted octanol–water partition coefficient (Wildman–Crippen LogP) is 2.40. The van der Waals surface area contributed by atoms with E-state index < -0.39 is 10.0 Å². The zero-order chi connectivity index (χ0) is 19.5. The molecule has 2 rings (SSSR count). The lowest BCUT2D eigenvalue weighted by Gasteiger charge is -2.11. The number of aryl methyl sites for hydroxylation is 1. The first-order chi connectivity index (χ1) is 13.0. The first-order valence-corrected chi connectivity index (χ1v) is 11.4. The fraction of sp³-hybridized carbons (Fsp3) is 0.444. The maximum Gasteiger partial charge on any atom is 0.240 e. The molecular formula is C18H28IN5O2S2. The molecule has 0 saturated heterocycles. The van der Waals surface area contributed by atoms with E-state index in [4.69, 9.17) is 0 Å². The molecule has 1 aromatic carbocycles. The van der Waals surface area contributed by atoms with Crippen LogP contribution in [0.25, 0.3) is 0 Å². The number of sulfonamides is 1. The molecular weight excluding hydrogens is 509 g/mol. The van der Waals surface area contributed by atoms with Crippen LogP contribution in [0.4, 0.5) is 0 Å². The Labute approximate surface area is 188 Å². The number of halogens is 1. The molecule has 0 bridgehead atoms. The largest absolute Gasteiger partial charge is 0.357 e. The Morgan fingerprint density at radius 1 is 1.14 bits per heavy atom. The minimum atomic E-state index is -3.49. The maximum absolute atomic E-state index is 12.2. The van der Waals surface area contributed by atoms with Crippen LogP contribution in [0.5, 0.6) is 0 Å². The first kappa shape index (κ1) is 24.8. The van der Waals surface area contributed by atoms with Crippen molar-refractivity contribution in [3.05, 3.63) is 46.4 Å². The van der Waals surface area contributed by atoms with Crippen LogP contribution < -0.4 is 15.4 Å². The summed E-state index contributed by atoms with van der Waals surface area (Å²) in [5, 5.41) is 7.52. The minimum Gasteiger partial charge on any atom is -0.357 e. The zero-order valence-corrected chi connectivity index (χ0v) is 20.1. The van der Waals surface area contributed by atoms with Gasteiger partial charge in [-0.3, -0.25) is 4.99 Å². The molecule has 2 aromatic rings. The average molecular weight is 537 g/mol. The van der Waals surface area contributed by atoms with Gasteiger partial charge in [0.15, 0.2) is 5.96 Å². The predicted molar refractivity (Wildman–Crippen MR) is 126 cm³/mol. The SMILES string of the molecule is CCNC(=NCCNS(=O)(=O)c1ccccc1)NCCc1ncc(CC)s1.I. The van der Waals surface area contributed by atoms with E-state index in [1.807, 2.05) is 13.1 Å². The summed E-state index contributed by atoms with van der Waals surface area (Å²) in [6.07, 6.45) is 3.77. The van der Waals surface area contributed by atoms with Crippen molar-refractivity contribution in [2.75, 3.05) is 26.2 Å². The highest BCUT2D eigenvalue weighted by molar-refractivity contribution is 14.0. The highest BCUT2D eigenvalue weighted by Gasteiger charge is 2.11. The van der Waals surface area contributed by atoms with Crippen molar-refractivity contribution in [3.8, 4) is 0 Å². The van der Waals surface area contributed by atoms with Gasteiger partial charge in [-0.2, -0.15) is 0 Å². The molecule has 10 heteroatoms. The Balaban J connectivity index is 0.00000392. The number of aromatic nitrogens is 1. The zero-order valence-electron chi connectivity index (χ0n) is 16.1. The van der Waals surface area contributed by atoms with E-state index in [0.717, 1.165) is 30.9 Å². The molecule has 0 atom stereocenters. The molecule has 0 aliphatic heterocycles. The van der Waals surface area contributed by atoms with E-state index in [9.17, 15) is 8.42 Å². The Bertz CT molecular complexity index is 826. The first-order valence-electron chi connectivity index (χ1n) is 9.05. The molecule has 0 amide bonds. The molecule has 28 heavy (non-hydrogen) atoms. The summed E-state index contributed by atoms with van der Waals surface area (Å²) in [6, 6.07) is 8.32. The second kappa shape index (κ2) is 13.1. The van der Waals surface area contributed by atoms with Gasteiger partial charge in [0.25, 0.3) is 0 Å². The number of thiazole rings is 1. The van der Waals surface area contributed by atoms with Gasteiger partial charge in [0, 0.05) is 37.1 Å². The Morgan fingerprint density at radius 3 is 2.54 bits per heavy atom. The highest BCUT2D eigenvalue weighted by atomic mass is 127. The molecule has 156 valence electrons. The third-order valence-electron chi connectivity index (χ3n) is 3.65. The van der Waals surface area contributed by atoms with E-state index in [0.29, 0.717) is 12.5 Å². The number of nitrogens with one attached hydrogen (secondary N) is 3. The van der Waals surface area contributed by atoms with E-state index in [-0.39, 0.29) is 35.4 Å². The van der Waals surface area contributed by atoms with Crippen LogP contribution in [0.15, 0.2) is 46.4 Å². The number of hydrogen-bond donors (Lipinski definition) is 3. The number of nitrogens with zero attached hydrogens (tertiary/aromatic N) is 2. The Hall–Kier alpha value is -1.24. The second-order valence-electron chi connectivity index (χ2n) is 5.72. The van der Waals surface area contributed by atoms with Crippen LogP contribution in [-0.2, 0) is 22.9 Å². The van der Waals surface area contributed by atoms with Crippen molar-refractivity contribution in [2.24, 2.45) is 4.99 Å². The molecule has 0 aliphatic rings. The normalized spacial score (nSPS) is 11.7. The molecule has 0 saturated carbocycles. The van der Waals surface area contributed by atoms with Crippen molar-refractivity contribution in [1.29, 1.82) is 0 Å². The smallest absolute Gasteiger partial charge is 0.240 e. The van der Waals surface area contributed by atoms with E-state index >= 15 is 0 Å². The number of benzene rings is 1. The maximum atomic E-state index is 12.2. The number of rotatable bonds is 10. The van der Waals surface area contributed by atoms with Crippen LogP contribution >= 0.6 is 35.3 Å². The molecule has 0 radical (unpaired) electrons. The standard InChI is InChI=1S/C18H27N5O2S2.HI/c1-3-15-14-22-17(26-15)10-11-20-18(19-4-2)21-12-13-23-27(24,25)16-8-6-5-7-9-16;/h5-9,14,23H,3-4,10-13H2,1-2H3,(H2,19,20,21);1H. The van der Waals surface area contributed by atoms with Crippen LogP contribution in [0, 0.1) is 0 Å². The molecule has 1 aromatic heterocycles. The van der Waals surface area contributed by atoms with E-state index in [2.05, 4.69) is 32.3 Å². The van der Waals surface area contributed by atoms with Gasteiger partial charge in [-0.25, -0.2) is 18.1 Å². The summed E-state index contributed by atoms with van der Waals surface area (Å²) >= 11 is 1.73. The van der Waals surface area contributed by atoms with Crippen molar-refractivity contribution < 1.29 is 8.42 Å². The van der Waals surface area contributed by atoms with Crippen LogP contribution in [0.1, 0.15) is 23.7 Å². The van der Waals surface area contributed by atoms with E-state index in [1.165, 1.54) is 4.88 Å². The van der Waals surface area contributed by atoms with E-state index in [1.54, 1.807) is 41.7 Å². The van der Waals surface area contributed by atoms with Gasteiger partial charge in [0.2, 0.25) is 10.0 Å². The fourth-order valence-corrected chi connectivity index (χ4v) is 4.19. The van der Waals surface area contributed by atoms with Crippen molar-refractivity contribution in [3.63, 3.8) is 0 Å². The molecule has 0 spiro atoms. The van der Waals surface area contributed by atoms with Crippen molar-refractivity contribution >= 4 is 51.3 Å². The lowest BCUT2D eigenvalue weighted by Crippen LogP contribution is -2.39. The van der Waals surface area contributed by atoms with Gasteiger partial charge in [0.05, 0.1) is 16.4 Å². The van der Waals surface area contributed by atoms with Gasteiger partial charge in [0.1, 0.15) is 0 Å². The monoisotopic (exact) mass is 537 g/mol. The number of aliphatic imine (C=N–C) groups is 1. The molecule has 0 fully saturated rings. The Kier molecular flexibility index (Phi) is 11.6. The summed E-state index contributed by atoms with van der Waals surface area (Å²) in [6.45, 7) is 6.15. The summed E-state index contributed by atoms with van der Waals surface area (Å²) < 4.78 is 26.9. The lowest BCUT2D eigenvalue weighted by molar-refractivity contribution is 0.582. The molecule has 3 N–H and O–H groups in total. The Morgan fingerprint density at radius 2 is 1.89 bits per heavy atom.